The second-order valence-corrected chi connectivity index (χ2v) is 5.87. The zero-order valence-electron chi connectivity index (χ0n) is 11.5. The van der Waals surface area contributed by atoms with Crippen molar-refractivity contribution in [1.29, 1.82) is 0 Å². The minimum absolute atomic E-state index is 0.0213. The van der Waals surface area contributed by atoms with Crippen molar-refractivity contribution in [3.05, 3.63) is 0 Å². The first-order valence-electron chi connectivity index (χ1n) is 7.19. The summed E-state index contributed by atoms with van der Waals surface area (Å²) in [6, 6.07) is 0. The number of likely N-dealkylation sites (tertiary alicyclic amines) is 1. The molecule has 0 spiro atoms. The van der Waals surface area contributed by atoms with E-state index in [0.29, 0.717) is 32.0 Å². The van der Waals surface area contributed by atoms with E-state index in [1.54, 1.807) is 0 Å². The SMILES string of the molecule is O=C(CC1CCNC1)NCC1CCN(CC(F)(F)F)C1. The summed E-state index contributed by atoms with van der Waals surface area (Å²) < 4.78 is 36.8. The number of alkyl halides is 3. The van der Waals surface area contributed by atoms with Gasteiger partial charge in [0, 0.05) is 19.5 Å². The average molecular weight is 293 g/mol. The molecule has 2 atom stereocenters. The molecule has 0 aliphatic carbocycles. The van der Waals surface area contributed by atoms with Crippen molar-refractivity contribution < 1.29 is 18.0 Å². The van der Waals surface area contributed by atoms with Crippen molar-refractivity contribution in [2.45, 2.75) is 25.4 Å². The van der Waals surface area contributed by atoms with Gasteiger partial charge in [-0.3, -0.25) is 9.69 Å². The van der Waals surface area contributed by atoms with Crippen LogP contribution >= 0.6 is 0 Å². The molecule has 0 aromatic heterocycles. The van der Waals surface area contributed by atoms with Gasteiger partial charge in [0.2, 0.25) is 5.91 Å². The number of carbonyl (C=O) groups is 1. The maximum absolute atomic E-state index is 12.3. The lowest BCUT2D eigenvalue weighted by atomic mass is 10.0. The molecule has 7 heteroatoms. The lowest BCUT2D eigenvalue weighted by molar-refractivity contribution is -0.143. The maximum atomic E-state index is 12.3. The highest BCUT2D eigenvalue weighted by molar-refractivity contribution is 5.76. The summed E-state index contributed by atoms with van der Waals surface area (Å²) in [5, 5.41) is 6.07. The summed E-state index contributed by atoms with van der Waals surface area (Å²) in [4.78, 5) is 13.1. The smallest absolute Gasteiger partial charge is 0.356 e. The zero-order chi connectivity index (χ0) is 14.6. The van der Waals surface area contributed by atoms with Crippen LogP contribution in [0.15, 0.2) is 0 Å². The first-order chi connectivity index (χ1) is 9.42. The van der Waals surface area contributed by atoms with Gasteiger partial charge in [-0.1, -0.05) is 0 Å². The Morgan fingerprint density at radius 2 is 2.10 bits per heavy atom. The fourth-order valence-corrected chi connectivity index (χ4v) is 2.96. The van der Waals surface area contributed by atoms with Crippen LogP contribution in [0.1, 0.15) is 19.3 Å². The van der Waals surface area contributed by atoms with Crippen LogP contribution in [0.3, 0.4) is 0 Å². The summed E-state index contributed by atoms with van der Waals surface area (Å²) in [6.07, 6.45) is -1.86. The summed E-state index contributed by atoms with van der Waals surface area (Å²) in [5.41, 5.74) is 0. The number of amides is 1. The Morgan fingerprint density at radius 3 is 2.75 bits per heavy atom. The molecule has 4 nitrogen and oxygen atoms in total. The van der Waals surface area contributed by atoms with Crippen molar-refractivity contribution in [1.82, 2.24) is 15.5 Å². The molecule has 2 aliphatic rings. The Morgan fingerprint density at radius 1 is 1.30 bits per heavy atom. The van der Waals surface area contributed by atoms with Crippen LogP contribution in [-0.4, -0.2) is 56.3 Å². The molecule has 2 heterocycles. The molecule has 0 radical (unpaired) electrons. The van der Waals surface area contributed by atoms with E-state index in [1.807, 2.05) is 0 Å². The molecule has 20 heavy (non-hydrogen) atoms. The summed E-state index contributed by atoms with van der Waals surface area (Å²) >= 11 is 0. The van der Waals surface area contributed by atoms with E-state index in [2.05, 4.69) is 10.6 Å². The quantitative estimate of drug-likeness (QED) is 0.794. The topological polar surface area (TPSA) is 44.4 Å². The van der Waals surface area contributed by atoms with Crippen molar-refractivity contribution >= 4 is 5.91 Å². The van der Waals surface area contributed by atoms with Crippen LogP contribution < -0.4 is 10.6 Å². The predicted octanol–water partition coefficient (Wildman–Crippen LogP) is 0.986. The van der Waals surface area contributed by atoms with Crippen molar-refractivity contribution in [2.24, 2.45) is 11.8 Å². The van der Waals surface area contributed by atoms with Gasteiger partial charge in [0.15, 0.2) is 0 Å². The molecule has 1 amide bonds. The Bertz CT molecular complexity index is 329. The van der Waals surface area contributed by atoms with Crippen molar-refractivity contribution in [3.8, 4) is 0 Å². The largest absolute Gasteiger partial charge is 0.401 e. The number of nitrogens with zero attached hydrogens (tertiary/aromatic N) is 1. The molecule has 2 unspecified atom stereocenters. The fraction of sp³-hybridized carbons (Fsp3) is 0.923. The van der Waals surface area contributed by atoms with Gasteiger partial charge in [-0.05, 0) is 44.3 Å². The highest BCUT2D eigenvalue weighted by Crippen LogP contribution is 2.22. The third kappa shape index (κ3) is 5.28. The third-order valence-electron chi connectivity index (χ3n) is 4.00. The first-order valence-corrected chi connectivity index (χ1v) is 7.19. The van der Waals surface area contributed by atoms with E-state index in [9.17, 15) is 18.0 Å². The zero-order valence-corrected chi connectivity index (χ0v) is 11.5. The van der Waals surface area contributed by atoms with Gasteiger partial charge in [-0.2, -0.15) is 13.2 Å². The number of rotatable bonds is 5. The number of halogens is 3. The highest BCUT2D eigenvalue weighted by Gasteiger charge is 2.34. The highest BCUT2D eigenvalue weighted by atomic mass is 19.4. The van der Waals surface area contributed by atoms with Crippen LogP contribution in [0.4, 0.5) is 13.2 Å². The number of nitrogens with one attached hydrogen (secondary N) is 2. The Hall–Kier alpha value is -0.820. The second kappa shape index (κ2) is 6.76. The van der Waals surface area contributed by atoms with Crippen LogP contribution in [-0.2, 0) is 4.79 Å². The van der Waals surface area contributed by atoms with Gasteiger partial charge < -0.3 is 10.6 Å². The summed E-state index contributed by atoms with van der Waals surface area (Å²) in [6.45, 7) is 2.39. The van der Waals surface area contributed by atoms with E-state index >= 15 is 0 Å². The third-order valence-corrected chi connectivity index (χ3v) is 4.00. The van der Waals surface area contributed by atoms with E-state index < -0.39 is 12.7 Å². The molecule has 2 fully saturated rings. The van der Waals surface area contributed by atoms with Gasteiger partial charge >= 0.3 is 6.18 Å². The summed E-state index contributed by atoms with van der Waals surface area (Å²) in [7, 11) is 0. The van der Waals surface area contributed by atoms with Crippen molar-refractivity contribution in [2.75, 3.05) is 39.3 Å². The fourth-order valence-electron chi connectivity index (χ4n) is 2.96. The predicted molar refractivity (Wildman–Crippen MR) is 69.2 cm³/mol. The van der Waals surface area contributed by atoms with Crippen LogP contribution in [0, 0.1) is 11.8 Å². The van der Waals surface area contributed by atoms with Gasteiger partial charge in [0.25, 0.3) is 0 Å². The Kier molecular flexibility index (Phi) is 5.26. The first kappa shape index (κ1) is 15.6. The Balaban J connectivity index is 1.61. The average Bonchev–Trinajstić information content (AvgIpc) is 2.96. The summed E-state index contributed by atoms with van der Waals surface area (Å²) in [5.74, 6) is 0.566. The number of hydrogen-bond acceptors (Lipinski definition) is 3. The van der Waals surface area contributed by atoms with E-state index in [0.717, 1.165) is 25.9 Å². The molecule has 0 bridgehead atoms. The second-order valence-electron chi connectivity index (χ2n) is 5.87. The molecule has 0 saturated carbocycles. The molecular formula is C13H22F3N3O. The van der Waals surface area contributed by atoms with E-state index in [4.69, 9.17) is 0 Å². The van der Waals surface area contributed by atoms with E-state index in [1.165, 1.54) is 4.90 Å². The molecular weight excluding hydrogens is 271 g/mol. The van der Waals surface area contributed by atoms with Crippen LogP contribution in [0.5, 0.6) is 0 Å². The normalized spacial score (nSPS) is 27.9. The monoisotopic (exact) mass is 293 g/mol. The molecule has 2 rings (SSSR count). The minimum atomic E-state index is -4.13. The minimum Gasteiger partial charge on any atom is -0.356 e. The van der Waals surface area contributed by atoms with Crippen LogP contribution in [0.25, 0.3) is 0 Å². The molecule has 2 aliphatic heterocycles. The lowest BCUT2D eigenvalue weighted by Gasteiger charge is -2.18. The maximum Gasteiger partial charge on any atom is 0.401 e. The van der Waals surface area contributed by atoms with Crippen LogP contribution in [0.2, 0.25) is 0 Å². The molecule has 116 valence electrons. The number of hydrogen-bond donors (Lipinski definition) is 2. The van der Waals surface area contributed by atoms with Gasteiger partial charge in [0.05, 0.1) is 6.54 Å². The number of carbonyl (C=O) groups excluding carboxylic acids is 1. The molecule has 2 N–H and O–H groups in total. The van der Waals surface area contributed by atoms with Crippen molar-refractivity contribution in [3.63, 3.8) is 0 Å². The van der Waals surface area contributed by atoms with E-state index in [-0.39, 0.29) is 11.8 Å². The Labute approximate surface area is 117 Å². The molecule has 0 aromatic rings. The van der Waals surface area contributed by atoms with Gasteiger partial charge in [-0.15, -0.1) is 0 Å². The standard InChI is InChI=1S/C13H22F3N3O/c14-13(15,16)9-19-4-2-11(8-19)7-18-12(20)5-10-1-3-17-6-10/h10-11,17H,1-9H2,(H,18,20). The molecule has 0 aromatic carbocycles. The molecule has 2 saturated heterocycles. The lowest BCUT2D eigenvalue weighted by Crippen LogP contribution is -2.35. The van der Waals surface area contributed by atoms with Gasteiger partial charge in [-0.25, -0.2) is 0 Å². The van der Waals surface area contributed by atoms with Gasteiger partial charge in [0.1, 0.15) is 0 Å².